The van der Waals surface area contributed by atoms with Crippen LogP contribution in [0.2, 0.25) is 0 Å². The van der Waals surface area contributed by atoms with Gasteiger partial charge in [-0.25, -0.2) is 14.6 Å². The zero-order chi connectivity index (χ0) is 21.0. The van der Waals surface area contributed by atoms with E-state index < -0.39 is 0 Å². The number of anilines is 1. The number of aromatic nitrogens is 5. The Bertz CT molecular complexity index is 1090. The molecule has 3 aromatic heterocycles. The highest BCUT2D eigenvalue weighted by molar-refractivity contribution is 5.57. The van der Waals surface area contributed by atoms with E-state index in [2.05, 4.69) is 29.9 Å². The molecule has 3 aromatic rings. The smallest absolute Gasteiger partial charge is 0.266 e. The van der Waals surface area contributed by atoms with E-state index in [0.717, 1.165) is 62.6 Å². The van der Waals surface area contributed by atoms with Crippen molar-refractivity contribution in [3.8, 4) is 11.3 Å². The van der Waals surface area contributed by atoms with Crippen molar-refractivity contribution in [2.75, 3.05) is 37.6 Å². The molecule has 1 saturated heterocycles. The summed E-state index contributed by atoms with van der Waals surface area (Å²) in [5.74, 6) is 1.13. The molecule has 0 N–H and O–H groups in total. The number of hydrogen-bond acceptors (Lipinski definition) is 7. The van der Waals surface area contributed by atoms with Gasteiger partial charge in [0.25, 0.3) is 5.56 Å². The molecule has 8 nitrogen and oxygen atoms in total. The predicted octanol–water partition coefficient (Wildman–Crippen LogP) is 1.80. The molecule has 0 unspecified atom stereocenters. The Kier molecular flexibility index (Phi) is 5.71. The molecule has 4 heterocycles. The second-order valence-corrected chi connectivity index (χ2v) is 8.17. The lowest BCUT2D eigenvalue weighted by Gasteiger charge is -2.36. The summed E-state index contributed by atoms with van der Waals surface area (Å²) in [6.45, 7) is 5.20. The van der Waals surface area contributed by atoms with Crippen LogP contribution in [-0.4, -0.2) is 62.4 Å². The lowest BCUT2D eigenvalue weighted by Crippen LogP contribution is -2.48. The van der Waals surface area contributed by atoms with Gasteiger partial charge in [0.05, 0.1) is 12.2 Å². The van der Waals surface area contributed by atoms with Crippen LogP contribution >= 0.6 is 0 Å². The van der Waals surface area contributed by atoms with E-state index in [-0.39, 0.29) is 5.56 Å². The summed E-state index contributed by atoms with van der Waals surface area (Å²) >= 11 is 0. The van der Waals surface area contributed by atoms with Crippen molar-refractivity contribution in [1.29, 1.82) is 0 Å². The molecule has 0 amide bonds. The Morgan fingerprint density at radius 3 is 2.52 bits per heavy atom. The molecule has 8 heteroatoms. The molecule has 1 aliphatic heterocycles. The van der Waals surface area contributed by atoms with Gasteiger partial charge in [-0.05, 0) is 43.9 Å². The van der Waals surface area contributed by atoms with Crippen LogP contribution in [0, 0.1) is 0 Å². The van der Waals surface area contributed by atoms with Crippen molar-refractivity contribution < 1.29 is 0 Å². The lowest BCUT2D eigenvalue weighted by atomic mass is 9.96. The summed E-state index contributed by atoms with van der Waals surface area (Å²) in [5, 5.41) is 4.56. The summed E-state index contributed by atoms with van der Waals surface area (Å²) in [6, 6.07) is 7.18. The van der Waals surface area contributed by atoms with E-state index in [1.165, 1.54) is 24.1 Å². The number of hydrogen-bond donors (Lipinski definition) is 0. The van der Waals surface area contributed by atoms with Crippen molar-refractivity contribution >= 4 is 5.82 Å². The molecule has 31 heavy (non-hydrogen) atoms. The van der Waals surface area contributed by atoms with E-state index >= 15 is 0 Å². The Balaban J connectivity index is 1.21. The number of pyridine rings is 1. The summed E-state index contributed by atoms with van der Waals surface area (Å²) in [5.41, 5.74) is 4.28. The minimum Gasteiger partial charge on any atom is -0.354 e. The Morgan fingerprint density at radius 1 is 0.871 bits per heavy atom. The molecule has 1 fully saturated rings. The first-order valence-corrected chi connectivity index (χ1v) is 11.1. The number of fused-ring (bicyclic) bond motifs is 1. The van der Waals surface area contributed by atoms with Crippen LogP contribution < -0.4 is 10.5 Å². The van der Waals surface area contributed by atoms with Crippen molar-refractivity contribution in [1.82, 2.24) is 29.6 Å². The molecule has 2 aliphatic rings. The normalized spacial score (nSPS) is 16.8. The predicted molar refractivity (Wildman–Crippen MR) is 119 cm³/mol. The maximum Gasteiger partial charge on any atom is 0.266 e. The molecule has 0 spiro atoms. The maximum absolute atomic E-state index is 12.3. The van der Waals surface area contributed by atoms with Crippen LogP contribution in [0.1, 0.15) is 24.1 Å². The third-order valence-corrected chi connectivity index (χ3v) is 6.24. The fraction of sp³-hybridized carbons (Fsp3) is 0.435. The van der Waals surface area contributed by atoms with Crippen LogP contribution in [0.5, 0.6) is 0 Å². The van der Waals surface area contributed by atoms with Gasteiger partial charge in [0.2, 0.25) is 0 Å². The standard InChI is InChI=1S/C23H27N7O/c31-22-6-5-20(18-7-9-24-10-8-18)27-30(22)16-13-28-11-14-29(15-12-28)23-19-3-1-2-4-21(19)25-17-26-23/h5-10,17H,1-4,11-16H2. The summed E-state index contributed by atoms with van der Waals surface area (Å²) in [7, 11) is 0. The Morgan fingerprint density at radius 2 is 1.68 bits per heavy atom. The molecular weight excluding hydrogens is 390 g/mol. The van der Waals surface area contributed by atoms with Gasteiger partial charge in [-0.2, -0.15) is 5.10 Å². The summed E-state index contributed by atoms with van der Waals surface area (Å²) in [6.07, 6.45) is 9.82. The fourth-order valence-corrected chi connectivity index (χ4v) is 4.48. The number of piperazine rings is 1. The average Bonchev–Trinajstić information content (AvgIpc) is 2.84. The minimum atomic E-state index is -0.0657. The van der Waals surface area contributed by atoms with Gasteiger partial charge in [0.1, 0.15) is 12.1 Å². The van der Waals surface area contributed by atoms with E-state index in [0.29, 0.717) is 6.54 Å². The zero-order valence-electron chi connectivity index (χ0n) is 17.7. The highest BCUT2D eigenvalue weighted by atomic mass is 16.1. The Labute approximate surface area is 181 Å². The monoisotopic (exact) mass is 417 g/mol. The van der Waals surface area contributed by atoms with Gasteiger partial charge in [-0.3, -0.25) is 14.7 Å². The van der Waals surface area contributed by atoms with Gasteiger partial charge in [0.15, 0.2) is 0 Å². The number of rotatable bonds is 5. The first-order valence-electron chi connectivity index (χ1n) is 11.1. The van der Waals surface area contributed by atoms with Gasteiger partial charge >= 0.3 is 0 Å². The number of nitrogens with zero attached hydrogens (tertiary/aromatic N) is 7. The second kappa shape index (κ2) is 8.93. The highest BCUT2D eigenvalue weighted by Gasteiger charge is 2.23. The Hall–Kier alpha value is -3.13. The van der Waals surface area contributed by atoms with Crippen molar-refractivity contribution in [3.63, 3.8) is 0 Å². The summed E-state index contributed by atoms with van der Waals surface area (Å²) < 4.78 is 1.57. The molecule has 0 saturated carbocycles. The molecule has 0 aromatic carbocycles. The van der Waals surface area contributed by atoms with Crippen molar-refractivity contribution in [2.24, 2.45) is 0 Å². The third kappa shape index (κ3) is 4.34. The molecule has 160 valence electrons. The first-order chi connectivity index (χ1) is 15.3. The zero-order valence-corrected chi connectivity index (χ0v) is 17.7. The SMILES string of the molecule is O=c1ccc(-c2ccncc2)nn1CCN1CCN(c2ncnc3c2CCCC3)CC1. The lowest BCUT2D eigenvalue weighted by molar-refractivity contribution is 0.242. The molecular formula is C23H27N7O. The van der Waals surface area contributed by atoms with Crippen LogP contribution in [-0.2, 0) is 19.4 Å². The van der Waals surface area contributed by atoms with E-state index in [9.17, 15) is 4.79 Å². The van der Waals surface area contributed by atoms with Gasteiger partial charge in [-0.15, -0.1) is 0 Å². The van der Waals surface area contributed by atoms with E-state index in [1.807, 2.05) is 12.1 Å². The average molecular weight is 418 g/mol. The van der Waals surface area contributed by atoms with Gasteiger partial charge in [0, 0.05) is 68.0 Å². The third-order valence-electron chi connectivity index (χ3n) is 6.24. The van der Waals surface area contributed by atoms with Crippen LogP contribution in [0.4, 0.5) is 5.82 Å². The first kappa shape index (κ1) is 19.8. The molecule has 1 aliphatic carbocycles. The topological polar surface area (TPSA) is 80.0 Å². The fourth-order valence-electron chi connectivity index (χ4n) is 4.48. The highest BCUT2D eigenvalue weighted by Crippen LogP contribution is 2.27. The largest absolute Gasteiger partial charge is 0.354 e. The van der Waals surface area contributed by atoms with E-state index in [1.54, 1.807) is 35.5 Å². The van der Waals surface area contributed by atoms with Crippen LogP contribution in [0.25, 0.3) is 11.3 Å². The maximum atomic E-state index is 12.3. The van der Waals surface area contributed by atoms with Gasteiger partial charge < -0.3 is 4.90 Å². The quantitative estimate of drug-likeness (QED) is 0.626. The molecule has 0 radical (unpaired) electrons. The minimum absolute atomic E-state index is 0.0657. The van der Waals surface area contributed by atoms with Gasteiger partial charge in [-0.1, -0.05) is 0 Å². The van der Waals surface area contributed by atoms with Crippen LogP contribution in [0.15, 0.2) is 47.8 Å². The molecule has 0 atom stereocenters. The van der Waals surface area contributed by atoms with Crippen molar-refractivity contribution in [2.45, 2.75) is 32.2 Å². The molecule has 5 rings (SSSR count). The number of aryl methyl sites for hydroxylation is 1. The van der Waals surface area contributed by atoms with Crippen molar-refractivity contribution in [3.05, 3.63) is 64.6 Å². The van der Waals surface area contributed by atoms with Crippen LogP contribution in [0.3, 0.4) is 0 Å². The summed E-state index contributed by atoms with van der Waals surface area (Å²) in [4.78, 5) is 30.3. The van der Waals surface area contributed by atoms with E-state index in [4.69, 9.17) is 0 Å². The second-order valence-electron chi connectivity index (χ2n) is 8.17. The molecule has 0 bridgehead atoms.